The summed E-state index contributed by atoms with van der Waals surface area (Å²) in [5.41, 5.74) is 4.94. The summed E-state index contributed by atoms with van der Waals surface area (Å²) in [6.07, 6.45) is 4.33. The van der Waals surface area contributed by atoms with Crippen molar-refractivity contribution in [2.45, 2.75) is 13.3 Å². The molecule has 7 nitrogen and oxygen atoms in total. The molecule has 0 aliphatic rings. The van der Waals surface area contributed by atoms with Gasteiger partial charge in [-0.25, -0.2) is 9.78 Å². The molecule has 17 heavy (non-hydrogen) atoms. The van der Waals surface area contributed by atoms with Gasteiger partial charge < -0.3 is 21.7 Å². The SMILES string of the molecule is CCCNc1cncc(NCCNC(N)=O)n1. The predicted molar refractivity (Wildman–Crippen MR) is 66.9 cm³/mol. The van der Waals surface area contributed by atoms with Gasteiger partial charge in [-0.1, -0.05) is 6.92 Å². The van der Waals surface area contributed by atoms with Crippen molar-refractivity contribution in [3.05, 3.63) is 12.4 Å². The number of aromatic nitrogens is 2. The van der Waals surface area contributed by atoms with Gasteiger partial charge in [0.1, 0.15) is 11.6 Å². The van der Waals surface area contributed by atoms with Crippen molar-refractivity contribution in [1.82, 2.24) is 15.3 Å². The van der Waals surface area contributed by atoms with Crippen LogP contribution in [-0.4, -0.2) is 35.6 Å². The number of urea groups is 1. The fraction of sp³-hybridized carbons (Fsp3) is 0.500. The predicted octanol–water partition coefficient (Wildman–Crippen LogP) is 0.379. The van der Waals surface area contributed by atoms with Crippen molar-refractivity contribution < 1.29 is 4.79 Å². The number of hydrogen-bond acceptors (Lipinski definition) is 5. The summed E-state index contributed by atoms with van der Waals surface area (Å²) >= 11 is 0. The Morgan fingerprint density at radius 3 is 2.47 bits per heavy atom. The summed E-state index contributed by atoms with van der Waals surface area (Å²) in [4.78, 5) is 18.8. The van der Waals surface area contributed by atoms with Crippen LogP contribution in [0.25, 0.3) is 0 Å². The Labute approximate surface area is 100 Å². The van der Waals surface area contributed by atoms with Crippen molar-refractivity contribution in [2.75, 3.05) is 30.3 Å². The van der Waals surface area contributed by atoms with Crippen LogP contribution >= 0.6 is 0 Å². The fourth-order valence-corrected chi connectivity index (χ4v) is 1.17. The maximum Gasteiger partial charge on any atom is 0.312 e. The van der Waals surface area contributed by atoms with E-state index in [1.165, 1.54) is 0 Å². The van der Waals surface area contributed by atoms with E-state index in [2.05, 4.69) is 32.8 Å². The van der Waals surface area contributed by atoms with Crippen molar-refractivity contribution >= 4 is 17.7 Å². The second kappa shape index (κ2) is 7.26. The van der Waals surface area contributed by atoms with Crippen LogP contribution in [0.3, 0.4) is 0 Å². The van der Waals surface area contributed by atoms with E-state index in [0.29, 0.717) is 18.9 Å². The van der Waals surface area contributed by atoms with Gasteiger partial charge in [-0.05, 0) is 6.42 Å². The van der Waals surface area contributed by atoms with E-state index in [4.69, 9.17) is 5.73 Å². The highest BCUT2D eigenvalue weighted by Crippen LogP contribution is 2.05. The summed E-state index contributed by atoms with van der Waals surface area (Å²) in [5.74, 6) is 1.40. The van der Waals surface area contributed by atoms with E-state index in [0.717, 1.165) is 18.8 Å². The lowest BCUT2D eigenvalue weighted by atomic mass is 10.5. The molecule has 5 N–H and O–H groups in total. The number of carbonyl (C=O) groups excluding carboxylic acids is 1. The fourth-order valence-electron chi connectivity index (χ4n) is 1.17. The highest BCUT2D eigenvalue weighted by Gasteiger charge is 1.97. The molecule has 0 radical (unpaired) electrons. The van der Waals surface area contributed by atoms with Crippen LogP contribution in [0.1, 0.15) is 13.3 Å². The molecular weight excluding hydrogens is 220 g/mol. The van der Waals surface area contributed by atoms with Gasteiger partial charge in [0.15, 0.2) is 0 Å². The van der Waals surface area contributed by atoms with Crippen molar-refractivity contribution in [1.29, 1.82) is 0 Å². The first-order valence-electron chi connectivity index (χ1n) is 5.55. The van der Waals surface area contributed by atoms with Gasteiger partial charge in [0.25, 0.3) is 0 Å². The summed E-state index contributed by atoms with van der Waals surface area (Å²) < 4.78 is 0. The molecule has 0 unspecified atom stereocenters. The Hall–Kier alpha value is -2.05. The van der Waals surface area contributed by atoms with Crippen molar-refractivity contribution in [3.8, 4) is 0 Å². The Balaban J connectivity index is 2.34. The van der Waals surface area contributed by atoms with Crippen molar-refractivity contribution in [3.63, 3.8) is 0 Å². The Morgan fingerprint density at radius 2 is 1.88 bits per heavy atom. The maximum absolute atomic E-state index is 10.4. The lowest BCUT2D eigenvalue weighted by Crippen LogP contribution is -2.33. The van der Waals surface area contributed by atoms with Crippen LogP contribution < -0.4 is 21.7 Å². The van der Waals surface area contributed by atoms with Gasteiger partial charge in [-0.2, -0.15) is 0 Å². The molecule has 94 valence electrons. The number of anilines is 2. The van der Waals surface area contributed by atoms with Crippen LogP contribution in [0, 0.1) is 0 Å². The summed E-state index contributed by atoms with van der Waals surface area (Å²) in [6.45, 7) is 3.94. The zero-order chi connectivity index (χ0) is 12.5. The lowest BCUT2D eigenvalue weighted by Gasteiger charge is -2.08. The topological polar surface area (TPSA) is 105 Å². The first-order chi connectivity index (χ1) is 8.22. The molecule has 1 aromatic heterocycles. The molecule has 0 fully saturated rings. The quantitative estimate of drug-likeness (QED) is 0.514. The molecule has 0 saturated carbocycles. The second-order valence-corrected chi connectivity index (χ2v) is 3.43. The number of primary amides is 1. The van der Waals surface area contributed by atoms with Crippen LogP contribution in [0.4, 0.5) is 16.4 Å². The Morgan fingerprint density at radius 1 is 1.24 bits per heavy atom. The van der Waals surface area contributed by atoms with Gasteiger partial charge in [-0.15, -0.1) is 0 Å². The summed E-state index contributed by atoms with van der Waals surface area (Å²) in [7, 11) is 0. The van der Waals surface area contributed by atoms with Crippen LogP contribution in [0.15, 0.2) is 12.4 Å². The third kappa shape index (κ3) is 5.55. The minimum atomic E-state index is -0.531. The minimum Gasteiger partial charge on any atom is -0.369 e. The van der Waals surface area contributed by atoms with E-state index in [-0.39, 0.29) is 0 Å². The number of carbonyl (C=O) groups is 1. The normalized spacial score (nSPS) is 9.71. The van der Waals surface area contributed by atoms with E-state index in [1.807, 2.05) is 0 Å². The first kappa shape index (κ1) is 13.0. The van der Waals surface area contributed by atoms with Crippen LogP contribution in [0.5, 0.6) is 0 Å². The Kier molecular flexibility index (Phi) is 5.56. The van der Waals surface area contributed by atoms with E-state index < -0.39 is 6.03 Å². The summed E-state index contributed by atoms with van der Waals surface area (Å²) in [6, 6.07) is -0.531. The molecule has 1 aromatic rings. The molecule has 0 spiro atoms. The van der Waals surface area contributed by atoms with E-state index in [1.54, 1.807) is 12.4 Å². The first-order valence-corrected chi connectivity index (χ1v) is 5.55. The lowest BCUT2D eigenvalue weighted by molar-refractivity contribution is 0.249. The number of nitrogens with two attached hydrogens (primary N) is 1. The second-order valence-electron chi connectivity index (χ2n) is 3.43. The molecule has 0 saturated heterocycles. The Bertz CT molecular complexity index is 356. The number of rotatable bonds is 7. The number of hydrogen-bond donors (Lipinski definition) is 4. The van der Waals surface area contributed by atoms with Crippen LogP contribution in [-0.2, 0) is 0 Å². The molecule has 0 atom stereocenters. The molecule has 0 bridgehead atoms. The monoisotopic (exact) mass is 238 g/mol. The third-order valence-electron chi connectivity index (χ3n) is 1.92. The minimum absolute atomic E-state index is 0.448. The largest absolute Gasteiger partial charge is 0.369 e. The van der Waals surface area contributed by atoms with Crippen LogP contribution in [0.2, 0.25) is 0 Å². The molecule has 2 amide bonds. The molecule has 0 aromatic carbocycles. The third-order valence-corrected chi connectivity index (χ3v) is 1.92. The zero-order valence-corrected chi connectivity index (χ0v) is 9.86. The van der Waals surface area contributed by atoms with Crippen molar-refractivity contribution in [2.24, 2.45) is 5.73 Å². The van der Waals surface area contributed by atoms with Gasteiger partial charge in [0.2, 0.25) is 0 Å². The zero-order valence-electron chi connectivity index (χ0n) is 9.86. The maximum atomic E-state index is 10.4. The number of nitrogens with zero attached hydrogens (tertiary/aromatic N) is 2. The molecule has 1 rings (SSSR count). The van der Waals surface area contributed by atoms with E-state index in [9.17, 15) is 4.79 Å². The molecule has 1 heterocycles. The molecule has 0 aliphatic carbocycles. The molecule has 7 heteroatoms. The summed E-state index contributed by atoms with van der Waals surface area (Å²) in [5, 5.41) is 8.65. The van der Waals surface area contributed by atoms with Gasteiger partial charge in [0, 0.05) is 19.6 Å². The highest BCUT2D eigenvalue weighted by molar-refractivity contribution is 5.71. The van der Waals surface area contributed by atoms with Gasteiger partial charge >= 0.3 is 6.03 Å². The number of amides is 2. The molecule has 0 aliphatic heterocycles. The smallest absolute Gasteiger partial charge is 0.312 e. The average molecular weight is 238 g/mol. The molecular formula is C10H18N6O. The van der Waals surface area contributed by atoms with Gasteiger partial charge in [-0.3, -0.25) is 4.98 Å². The standard InChI is InChI=1S/C10H18N6O/c1-2-3-13-8-6-12-7-9(16-8)14-4-5-15-10(11)17/h6-7H,2-5H2,1H3,(H3,11,15,17)(H2,13,14,16). The van der Waals surface area contributed by atoms with E-state index >= 15 is 0 Å². The van der Waals surface area contributed by atoms with Gasteiger partial charge in [0.05, 0.1) is 12.4 Å². The number of nitrogens with one attached hydrogen (secondary N) is 3. The highest BCUT2D eigenvalue weighted by atomic mass is 16.2. The average Bonchev–Trinajstić information content (AvgIpc) is 2.32.